The largest absolute Gasteiger partial charge is 0.380 e. The van der Waals surface area contributed by atoms with E-state index in [4.69, 9.17) is 21.6 Å². The summed E-state index contributed by atoms with van der Waals surface area (Å²) in [5.74, 6) is 0. The van der Waals surface area contributed by atoms with Crippen molar-refractivity contribution < 1.29 is 4.74 Å². The summed E-state index contributed by atoms with van der Waals surface area (Å²) in [6, 6.07) is 2.03. The van der Waals surface area contributed by atoms with Crippen molar-refractivity contribution in [3.05, 3.63) is 10.0 Å². The molecule has 2 rings (SSSR count). The molecule has 0 saturated carbocycles. The lowest BCUT2D eigenvalue weighted by molar-refractivity contribution is 0.141. The number of nitrogens with one attached hydrogen (secondary N) is 1. The third-order valence-electron chi connectivity index (χ3n) is 2.93. The zero-order valence-corrected chi connectivity index (χ0v) is 12.3. The van der Waals surface area contributed by atoms with E-state index < -0.39 is 0 Å². The fourth-order valence-electron chi connectivity index (χ4n) is 1.97. The molecule has 0 aliphatic carbocycles. The number of nitriles is 1. The summed E-state index contributed by atoms with van der Waals surface area (Å²) >= 11 is 7.11. The van der Waals surface area contributed by atoms with E-state index >= 15 is 0 Å². The monoisotopic (exact) mass is 300 g/mol. The summed E-state index contributed by atoms with van der Waals surface area (Å²) < 4.78 is 5.42. The van der Waals surface area contributed by atoms with Crippen molar-refractivity contribution in [2.24, 2.45) is 0 Å². The van der Waals surface area contributed by atoms with Gasteiger partial charge in [-0.25, -0.2) is 4.98 Å². The topological polar surface area (TPSA) is 61.2 Å². The first-order chi connectivity index (χ1) is 9.29. The highest BCUT2D eigenvalue weighted by Crippen LogP contribution is 2.25. The summed E-state index contributed by atoms with van der Waals surface area (Å²) in [6.45, 7) is 5.74. The fourth-order valence-corrected chi connectivity index (χ4v) is 2.94. The number of aromatic nitrogens is 1. The number of halogens is 1. The molecular formula is C12H17ClN4OS. The van der Waals surface area contributed by atoms with E-state index in [9.17, 15) is 0 Å². The van der Waals surface area contributed by atoms with Gasteiger partial charge in [-0.3, -0.25) is 0 Å². The van der Waals surface area contributed by atoms with E-state index in [1.165, 1.54) is 11.3 Å². The Bertz CT molecular complexity index is 437. The molecule has 1 aliphatic rings. The van der Waals surface area contributed by atoms with E-state index in [0.29, 0.717) is 10.0 Å². The molecule has 0 amide bonds. The maximum atomic E-state index is 8.79. The first-order valence-corrected chi connectivity index (χ1v) is 7.59. The number of ether oxygens (including phenoxy) is 1. The van der Waals surface area contributed by atoms with Crippen LogP contribution in [0.1, 0.15) is 17.7 Å². The minimum atomic E-state index is 0.291. The van der Waals surface area contributed by atoms with Gasteiger partial charge in [-0.1, -0.05) is 22.9 Å². The van der Waals surface area contributed by atoms with E-state index in [0.717, 1.165) is 57.4 Å². The van der Waals surface area contributed by atoms with Crippen molar-refractivity contribution in [3.63, 3.8) is 0 Å². The van der Waals surface area contributed by atoms with Gasteiger partial charge < -0.3 is 15.0 Å². The fraction of sp³-hybridized carbons (Fsp3) is 0.667. The Kier molecular flexibility index (Phi) is 5.86. The molecule has 0 bridgehead atoms. The molecule has 1 aromatic rings. The Morgan fingerprint density at radius 2 is 2.37 bits per heavy atom. The number of nitrogens with zero attached hydrogens (tertiary/aromatic N) is 3. The first kappa shape index (κ1) is 14.5. The Morgan fingerprint density at radius 1 is 1.47 bits per heavy atom. The first-order valence-electron chi connectivity index (χ1n) is 6.40. The van der Waals surface area contributed by atoms with Gasteiger partial charge in [0.15, 0.2) is 10.3 Å². The van der Waals surface area contributed by atoms with Crippen LogP contribution in [0.25, 0.3) is 0 Å². The van der Waals surface area contributed by atoms with Gasteiger partial charge in [0.2, 0.25) is 0 Å². The van der Waals surface area contributed by atoms with Gasteiger partial charge in [0, 0.05) is 26.2 Å². The third kappa shape index (κ3) is 4.62. The highest BCUT2D eigenvalue weighted by Gasteiger charge is 2.10. The van der Waals surface area contributed by atoms with Crippen LogP contribution in [0.3, 0.4) is 0 Å². The van der Waals surface area contributed by atoms with Crippen LogP contribution in [0, 0.1) is 11.3 Å². The molecule has 0 unspecified atom stereocenters. The summed E-state index contributed by atoms with van der Waals surface area (Å²) in [6.07, 6.45) is 2.15. The lowest BCUT2D eigenvalue weighted by Gasteiger charge is -2.18. The predicted molar refractivity (Wildman–Crippen MR) is 76.8 cm³/mol. The van der Waals surface area contributed by atoms with Crippen molar-refractivity contribution in [2.75, 3.05) is 44.7 Å². The zero-order chi connectivity index (χ0) is 13.5. The maximum Gasteiger partial charge on any atom is 0.185 e. The molecule has 104 valence electrons. The van der Waals surface area contributed by atoms with Crippen LogP contribution < -0.4 is 5.32 Å². The zero-order valence-electron chi connectivity index (χ0n) is 10.7. The lowest BCUT2D eigenvalue weighted by Crippen LogP contribution is -2.28. The van der Waals surface area contributed by atoms with Crippen LogP contribution in [0.4, 0.5) is 5.13 Å². The van der Waals surface area contributed by atoms with Crippen LogP contribution >= 0.6 is 22.9 Å². The number of anilines is 1. The molecule has 1 fully saturated rings. The Balaban J connectivity index is 1.67. The molecule has 5 nitrogen and oxygen atoms in total. The second kappa shape index (κ2) is 7.65. The molecule has 0 spiro atoms. The number of hydrogen-bond acceptors (Lipinski definition) is 6. The molecule has 2 heterocycles. The van der Waals surface area contributed by atoms with Crippen LogP contribution in [0.2, 0.25) is 5.15 Å². The van der Waals surface area contributed by atoms with Gasteiger partial charge in [-0.15, -0.1) is 0 Å². The Labute approximate surface area is 122 Å². The van der Waals surface area contributed by atoms with E-state index in [2.05, 4.69) is 15.2 Å². The average Bonchev–Trinajstić information content (AvgIpc) is 2.63. The molecule has 0 radical (unpaired) electrons. The summed E-state index contributed by atoms with van der Waals surface area (Å²) in [5.41, 5.74) is 0. The van der Waals surface area contributed by atoms with E-state index in [1.54, 1.807) is 0 Å². The van der Waals surface area contributed by atoms with E-state index in [-0.39, 0.29) is 0 Å². The van der Waals surface area contributed by atoms with Crippen molar-refractivity contribution in [3.8, 4) is 6.07 Å². The quantitative estimate of drug-likeness (QED) is 0.845. The third-order valence-corrected chi connectivity index (χ3v) is 4.23. The second-order valence-corrected chi connectivity index (χ2v) is 5.70. The number of thiazole rings is 1. The molecule has 7 heteroatoms. The predicted octanol–water partition coefficient (Wildman–Crippen LogP) is 2.19. The molecule has 19 heavy (non-hydrogen) atoms. The van der Waals surface area contributed by atoms with Gasteiger partial charge in [0.25, 0.3) is 0 Å². The lowest BCUT2D eigenvalue weighted by atomic mass is 10.3. The molecule has 0 aromatic carbocycles. The van der Waals surface area contributed by atoms with Gasteiger partial charge in [-0.2, -0.15) is 5.26 Å². The van der Waals surface area contributed by atoms with Gasteiger partial charge >= 0.3 is 0 Å². The standard InChI is InChI=1S/C12H17ClN4OS/c13-11-10(9-14)19-12(16-11)15-3-1-4-17-5-2-7-18-8-6-17/h1-8H2,(H,15,16). The van der Waals surface area contributed by atoms with Gasteiger partial charge in [-0.05, 0) is 19.4 Å². The highest BCUT2D eigenvalue weighted by atomic mass is 35.5. The molecule has 1 saturated heterocycles. The van der Waals surface area contributed by atoms with Crippen molar-refractivity contribution in [1.29, 1.82) is 5.26 Å². The number of rotatable bonds is 5. The van der Waals surface area contributed by atoms with Crippen molar-refractivity contribution in [1.82, 2.24) is 9.88 Å². The van der Waals surface area contributed by atoms with E-state index in [1.807, 2.05) is 6.07 Å². The van der Waals surface area contributed by atoms with Crippen molar-refractivity contribution >= 4 is 28.1 Å². The van der Waals surface area contributed by atoms with Crippen LogP contribution in [-0.2, 0) is 4.74 Å². The molecular weight excluding hydrogens is 284 g/mol. The van der Waals surface area contributed by atoms with Crippen LogP contribution in [0.15, 0.2) is 0 Å². The summed E-state index contributed by atoms with van der Waals surface area (Å²) in [5, 5.41) is 13.0. The van der Waals surface area contributed by atoms with Crippen molar-refractivity contribution in [2.45, 2.75) is 12.8 Å². The highest BCUT2D eigenvalue weighted by molar-refractivity contribution is 7.16. The molecule has 1 aromatic heterocycles. The van der Waals surface area contributed by atoms with Gasteiger partial charge in [0.1, 0.15) is 10.9 Å². The van der Waals surface area contributed by atoms with Crippen LogP contribution in [0.5, 0.6) is 0 Å². The molecule has 1 N–H and O–H groups in total. The minimum Gasteiger partial charge on any atom is -0.380 e. The van der Waals surface area contributed by atoms with Gasteiger partial charge in [0.05, 0.1) is 6.61 Å². The summed E-state index contributed by atoms with van der Waals surface area (Å²) in [4.78, 5) is 6.98. The molecule has 0 atom stereocenters. The van der Waals surface area contributed by atoms with Crippen LogP contribution in [-0.4, -0.2) is 49.3 Å². The summed E-state index contributed by atoms with van der Waals surface area (Å²) in [7, 11) is 0. The smallest absolute Gasteiger partial charge is 0.185 e. The Hall–Kier alpha value is -0.870. The normalized spacial score (nSPS) is 16.8. The average molecular weight is 301 g/mol. The second-order valence-electron chi connectivity index (χ2n) is 4.34. The maximum absolute atomic E-state index is 8.79. The molecule has 1 aliphatic heterocycles. The number of hydrogen-bond donors (Lipinski definition) is 1. The Morgan fingerprint density at radius 3 is 3.16 bits per heavy atom. The minimum absolute atomic E-state index is 0.291. The SMILES string of the molecule is N#Cc1sc(NCCCN2CCCOCC2)nc1Cl.